The lowest BCUT2D eigenvalue weighted by atomic mass is 10.0. The Morgan fingerprint density at radius 3 is 2.57 bits per heavy atom. The first-order valence-electron chi connectivity index (χ1n) is 8.07. The van der Waals surface area contributed by atoms with Crippen LogP contribution in [0.2, 0.25) is 5.02 Å². The summed E-state index contributed by atoms with van der Waals surface area (Å²) in [6.45, 7) is 7.15. The van der Waals surface area contributed by atoms with E-state index in [1.165, 1.54) is 5.52 Å². The molecule has 1 aromatic heterocycles. The van der Waals surface area contributed by atoms with Gasteiger partial charge in [0.25, 0.3) is 0 Å². The fourth-order valence-corrected chi connectivity index (χ4v) is 3.29. The Hall–Kier alpha value is -1.68. The summed E-state index contributed by atoms with van der Waals surface area (Å²) in [5.74, 6) is 0. The maximum Gasteiger partial charge on any atom is 0.410 e. The van der Waals surface area contributed by atoms with Crippen LogP contribution >= 0.6 is 11.6 Å². The highest BCUT2D eigenvalue weighted by Gasteiger charge is 2.27. The number of rotatable bonds is 1. The van der Waals surface area contributed by atoms with Gasteiger partial charge in [-0.05, 0) is 57.9 Å². The Morgan fingerprint density at radius 2 is 1.91 bits per heavy atom. The van der Waals surface area contributed by atoms with Crippen LogP contribution in [0, 0.1) is 0 Å². The summed E-state index contributed by atoms with van der Waals surface area (Å²) < 4.78 is 7.76. The highest BCUT2D eigenvalue weighted by Crippen LogP contribution is 2.29. The van der Waals surface area contributed by atoms with Gasteiger partial charge in [-0.3, -0.25) is 0 Å². The molecule has 1 aromatic carbocycles. The maximum absolute atomic E-state index is 12.1. The molecular weight excluding hydrogens is 312 g/mol. The topological polar surface area (TPSA) is 34.5 Å². The maximum atomic E-state index is 12.1. The molecule has 0 spiro atoms. The van der Waals surface area contributed by atoms with Crippen LogP contribution in [0.3, 0.4) is 0 Å². The number of fused-ring (bicyclic) bond motifs is 1. The molecule has 0 bridgehead atoms. The summed E-state index contributed by atoms with van der Waals surface area (Å²) in [6, 6.07) is 8.49. The molecular formula is C18H23ClN2O2. The van der Waals surface area contributed by atoms with Crippen LogP contribution in [0.15, 0.2) is 30.5 Å². The molecule has 1 fully saturated rings. The molecule has 0 radical (unpaired) electrons. The average Bonchev–Trinajstić information content (AvgIpc) is 2.88. The van der Waals surface area contributed by atoms with Gasteiger partial charge in [-0.15, -0.1) is 0 Å². The summed E-state index contributed by atoms with van der Waals surface area (Å²) in [5.41, 5.74) is 0.759. The minimum Gasteiger partial charge on any atom is -0.444 e. The Kier molecular flexibility index (Phi) is 4.28. The van der Waals surface area contributed by atoms with Gasteiger partial charge in [-0.2, -0.15) is 0 Å². The molecule has 0 unspecified atom stereocenters. The van der Waals surface area contributed by atoms with Crippen LogP contribution in [0.25, 0.3) is 10.9 Å². The summed E-state index contributed by atoms with van der Waals surface area (Å²) in [7, 11) is 0. The second-order valence-electron chi connectivity index (χ2n) is 7.12. The Balaban J connectivity index is 1.67. The zero-order chi connectivity index (χ0) is 16.6. The third kappa shape index (κ3) is 3.63. The number of carbonyl (C=O) groups excluding carboxylic acids is 1. The van der Waals surface area contributed by atoms with Crippen molar-refractivity contribution in [2.45, 2.75) is 45.3 Å². The normalized spacial score (nSPS) is 16.8. The van der Waals surface area contributed by atoms with Gasteiger partial charge >= 0.3 is 6.09 Å². The van der Waals surface area contributed by atoms with E-state index in [-0.39, 0.29) is 6.09 Å². The van der Waals surface area contributed by atoms with Crippen molar-refractivity contribution in [1.82, 2.24) is 9.47 Å². The van der Waals surface area contributed by atoms with Crippen LogP contribution in [-0.2, 0) is 4.74 Å². The molecule has 0 aliphatic carbocycles. The quantitative estimate of drug-likeness (QED) is 0.745. The minimum atomic E-state index is -0.441. The van der Waals surface area contributed by atoms with Crippen molar-refractivity contribution in [3.8, 4) is 0 Å². The van der Waals surface area contributed by atoms with E-state index in [0.29, 0.717) is 6.04 Å². The van der Waals surface area contributed by atoms with Gasteiger partial charge in [0.2, 0.25) is 0 Å². The molecule has 2 aromatic rings. The number of aromatic nitrogens is 1. The molecule has 4 nitrogen and oxygen atoms in total. The third-order valence-corrected chi connectivity index (χ3v) is 4.43. The fraction of sp³-hybridized carbons (Fsp3) is 0.500. The number of ether oxygens (including phenoxy) is 1. The smallest absolute Gasteiger partial charge is 0.410 e. The molecule has 23 heavy (non-hydrogen) atoms. The van der Waals surface area contributed by atoms with E-state index in [1.807, 2.05) is 37.8 Å². The molecule has 1 aliphatic rings. The standard InChI is InChI=1S/C18H23ClN2O2/c1-18(2,3)23-17(22)20-9-7-15(8-10-20)21-11-6-13-12-14(19)4-5-16(13)21/h4-6,11-12,15H,7-10H2,1-3H3. The van der Waals surface area contributed by atoms with E-state index in [9.17, 15) is 4.79 Å². The molecule has 0 atom stereocenters. The number of amides is 1. The van der Waals surface area contributed by atoms with E-state index < -0.39 is 5.60 Å². The first-order valence-corrected chi connectivity index (χ1v) is 8.45. The SMILES string of the molecule is CC(C)(C)OC(=O)N1CCC(n2ccc3cc(Cl)ccc32)CC1. The Bertz CT molecular complexity index is 709. The second kappa shape index (κ2) is 6.08. The van der Waals surface area contributed by atoms with Crippen LogP contribution in [0.5, 0.6) is 0 Å². The van der Waals surface area contributed by atoms with Gasteiger partial charge in [0.1, 0.15) is 5.60 Å². The average molecular weight is 335 g/mol. The number of piperidine rings is 1. The molecule has 2 heterocycles. The third-order valence-electron chi connectivity index (χ3n) is 4.19. The van der Waals surface area contributed by atoms with Gasteiger partial charge < -0.3 is 14.2 Å². The first kappa shape index (κ1) is 16.2. The number of carbonyl (C=O) groups is 1. The zero-order valence-corrected chi connectivity index (χ0v) is 14.6. The highest BCUT2D eigenvalue weighted by molar-refractivity contribution is 6.31. The van der Waals surface area contributed by atoms with Crippen molar-refractivity contribution in [3.63, 3.8) is 0 Å². The van der Waals surface area contributed by atoms with Gasteiger partial charge in [0.05, 0.1) is 0 Å². The van der Waals surface area contributed by atoms with E-state index in [2.05, 4.69) is 22.9 Å². The van der Waals surface area contributed by atoms with Crippen LogP contribution < -0.4 is 0 Å². The number of hydrogen-bond acceptors (Lipinski definition) is 2. The fourth-order valence-electron chi connectivity index (χ4n) is 3.11. The van der Waals surface area contributed by atoms with E-state index in [0.717, 1.165) is 36.3 Å². The van der Waals surface area contributed by atoms with Crippen molar-refractivity contribution in [1.29, 1.82) is 0 Å². The molecule has 1 amide bonds. The van der Waals surface area contributed by atoms with Gasteiger partial charge in [0.15, 0.2) is 0 Å². The second-order valence-corrected chi connectivity index (χ2v) is 7.56. The van der Waals surface area contributed by atoms with Gasteiger partial charge in [-0.25, -0.2) is 4.79 Å². The highest BCUT2D eigenvalue weighted by atomic mass is 35.5. The van der Waals surface area contributed by atoms with E-state index in [1.54, 1.807) is 0 Å². The van der Waals surface area contributed by atoms with Crippen molar-refractivity contribution < 1.29 is 9.53 Å². The molecule has 124 valence electrons. The molecule has 3 rings (SSSR count). The monoisotopic (exact) mass is 334 g/mol. The lowest BCUT2D eigenvalue weighted by molar-refractivity contribution is 0.0190. The number of nitrogens with zero attached hydrogens (tertiary/aromatic N) is 2. The van der Waals surface area contributed by atoms with Crippen molar-refractivity contribution in [2.75, 3.05) is 13.1 Å². The Labute approximate surface area is 142 Å². The summed E-state index contributed by atoms with van der Waals surface area (Å²) in [5, 5.41) is 1.92. The van der Waals surface area contributed by atoms with Gasteiger partial charge in [-0.1, -0.05) is 11.6 Å². The van der Waals surface area contributed by atoms with Crippen molar-refractivity contribution >= 4 is 28.6 Å². The number of likely N-dealkylation sites (tertiary alicyclic amines) is 1. The van der Waals surface area contributed by atoms with Crippen LogP contribution in [0.1, 0.15) is 39.7 Å². The predicted molar refractivity (Wildman–Crippen MR) is 93.0 cm³/mol. The first-order chi connectivity index (χ1) is 10.8. The lowest BCUT2D eigenvalue weighted by Gasteiger charge is -2.34. The van der Waals surface area contributed by atoms with E-state index in [4.69, 9.17) is 16.3 Å². The largest absolute Gasteiger partial charge is 0.444 e. The summed E-state index contributed by atoms with van der Waals surface area (Å²) in [4.78, 5) is 13.9. The van der Waals surface area contributed by atoms with Crippen molar-refractivity contribution in [3.05, 3.63) is 35.5 Å². The number of benzene rings is 1. The summed E-state index contributed by atoms with van der Waals surface area (Å²) in [6.07, 6.45) is 3.78. The predicted octanol–water partition coefficient (Wildman–Crippen LogP) is 4.87. The number of halogens is 1. The van der Waals surface area contributed by atoms with Crippen molar-refractivity contribution in [2.24, 2.45) is 0 Å². The molecule has 1 aliphatic heterocycles. The molecule has 1 saturated heterocycles. The van der Waals surface area contributed by atoms with Crippen LogP contribution in [-0.4, -0.2) is 34.3 Å². The lowest BCUT2D eigenvalue weighted by Crippen LogP contribution is -2.42. The molecule has 0 N–H and O–H groups in total. The van der Waals surface area contributed by atoms with E-state index >= 15 is 0 Å². The minimum absolute atomic E-state index is 0.208. The van der Waals surface area contributed by atoms with Gasteiger partial charge in [0, 0.05) is 41.3 Å². The van der Waals surface area contributed by atoms with Crippen LogP contribution in [0.4, 0.5) is 4.79 Å². The zero-order valence-electron chi connectivity index (χ0n) is 13.9. The Morgan fingerprint density at radius 1 is 1.22 bits per heavy atom. The summed E-state index contributed by atoms with van der Waals surface area (Å²) >= 11 is 6.05. The number of hydrogen-bond donors (Lipinski definition) is 0. The molecule has 5 heteroatoms. The molecule has 0 saturated carbocycles.